The number of hydrogen-bond acceptors (Lipinski definition) is 6. The number of rotatable bonds is 7. The van der Waals surface area contributed by atoms with Gasteiger partial charge in [-0.25, -0.2) is 17.6 Å². The zero-order valence-corrected chi connectivity index (χ0v) is 20.7. The highest BCUT2D eigenvalue weighted by molar-refractivity contribution is 7.89. The van der Waals surface area contributed by atoms with Crippen LogP contribution in [0, 0.1) is 12.7 Å². The first-order chi connectivity index (χ1) is 17.1. The maximum atomic E-state index is 13.4. The lowest BCUT2D eigenvalue weighted by Crippen LogP contribution is -2.44. The number of amides is 4. The van der Waals surface area contributed by atoms with E-state index < -0.39 is 45.8 Å². The van der Waals surface area contributed by atoms with Crippen molar-refractivity contribution >= 4 is 33.6 Å². The quantitative estimate of drug-likeness (QED) is 0.540. The van der Waals surface area contributed by atoms with Crippen LogP contribution in [-0.4, -0.2) is 68.3 Å². The van der Waals surface area contributed by atoms with E-state index in [1.54, 1.807) is 26.0 Å². The lowest BCUT2D eigenvalue weighted by atomic mass is 9.87. The predicted molar refractivity (Wildman–Crippen MR) is 128 cm³/mol. The standard InChI is InChI=1S/C24H27FN4O6S/c1-3-24(17-5-7-18(25)8-6-17)22(31)29(23(32)27-24)15-21(30)26-19-9-4-16(2)20(14-19)36(33,34)28-10-12-35-13-11-28/h4-9,14H,3,10-13,15H2,1-2H3,(H,26,30)(H,27,32)/t24-/m0/s1. The number of hydrogen-bond donors (Lipinski definition) is 2. The molecule has 2 fully saturated rings. The molecule has 4 amide bonds. The molecular formula is C24H27FN4O6S. The van der Waals surface area contributed by atoms with E-state index in [1.807, 2.05) is 0 Å². The van der Waals surface area contributed by atoms with Crippen LogP contribution < -0.4 is 10.6 Å². The van der Waals surface area contributed by atoms with Crippen molar-refractivity contribution in [2.75, 3.05) is 38.2 Å². The van der Waals surface area contributed by atoms with Gasteiger partial charge in [0.2, 0.25) is 15.9 Å². The van der Waals surface area contributed by atoms with Gasteiger partial charge in [0, 0.05) is 18.8 Å². The molecule has 0 spiro atoms. The highest BCUT2D eigenvalue weighted by Gasteiger charge is 2.51. The molecule has 2 aliphatic rings. The number of imide groups is 1. The minimum Gasteiger partial charge on any atom is -0.379 e. The van der Waals surface area contributed by atoms with Gasteiger partial charge in [-0.15, -0.1) is 0 Å². The number of carbonyl (C=O) groups excluding carboxylic acids is 3. The van der Waals surface area contributed by atoms with Crippen LogP contribution in [0.2, 0.25) is 0 Å². The second kappa shape index (κ2) is 9.96. The summed E-state index contributed by atoms with van der Waals surface area (Å²) in [6.07, 6.45) is 0.196. The Hall–Kier alpha value is -3.35. The molecule has 0 radical (unpaired) electrons. The van der Waals surface area contributed by atoms with Gasteiger partial charge < -0.3 is 15.4 Å². The molecule has 2 aliphatic heterocycles. The molecule has 10 nitrogen and oxygen atoms in total. The molecule has 36 heavy (non-hydrogen) atoms. The zero-order chi connectivity index (χ0) is 26.1. The summed E-state index contributed by atoms with van der Waals surface area (Å²) in [5.74, 6) is -1.79. The Balaban J connectivity index is 1.51. The summed E-state index contributed by atoms with van der Waals surface area (Å²) in [5, 5.41) is 5.21. The predicted octanol–water partition coefficient (Wildman–Crippen LogP) is 1.95. The van der Waals surface area contributed by atoms with Crippen molar-refractivity contribution in [1.29, 1.82) is 0 Å². The second-order valence-electron chi connectivity index (χ2n) is 8.63. The lowest BCUT2D eigenvalue weighted by Gasteiger charge is -2.27. The number of halogens is 1. The molecule has 0 aliphatic carbocycles. The number of morpholine rings is 1. The van der Waals surface area contributed by atoms with Gasteiger partial charge in [-0.1, -0.05) is 25.1 Å². The van der Waals surface area contributed by atoms with Crippen LogP contribution in [0.3, 0.4) is 0 Å². The van der Waals surface area contributed by atoms with Crippen LogP contribution in [0.1, 0.15) is 24.5 Å². The Morgan fingerprint density at radius 1 is 1.14 bits per heavy atom. The van der Waals surface area contributed by atoms with E-state index in [4.69, 9.17) is 4.74 Å². The Labute approximate surface area is 208 Å². The van der Waals surface area contributed by atoms with E-state index in [0.29, 0.717) is 24.3 Å². The minimum atomic E-state index is -3.80. The summed E-state index contributed by atoms with van der Waals surface area (Å²) in [7, 11) is -3.80. The summed E-state index contributed by atoms with van der Waals surface area (Å²) in [6.45, 7) is 3.86. The first kappa shape index (κ1) is 25.7. The first-order valence-corrected chi connectivity index (χ1v) is 12.9. The van der Waals surface area contributed by atoms with Gasteiger partial charge in [0.25, 0.3) is 5.91 Å². The van der Waals surface area contributed by atoms with E-state index in [2.05, 4.69) is 10.6 Å². The average molecular weight is 519 g/mol. The SMILES string of the molecule is CC[C@@]1(c2ccc(F)cc2)NC(=O)N(CC(=O)Nc2ccc(C)c(S(=O)(=O)N3CCOCC3)c2)C1=O. The lowest BCUT2D eigenvalue weighted by molar-refractivity contribution is -0.134. The Morgan fingerprint density at radius 2 is 1.81 bits per heavy atom. The molecule has 0 saturated carbocycles. The average Bonchev–Trinajstić information content (AvgIpc) is 3.11. The number of anilines is 1. The smallest absolute Gasteiger partial charge is 0.325 e. The third-order valence-electron chi connectivity index (χ3n) is 6.40. The van der Waals surface area contributed by atoms with Gasteiger partial charge in [0.15, 0.2) is 0 Å². The summed E-state index contributed by atoms with van der Waals surface area (Å²) in [5.41, 5.74) is -0.275. The number of aryl methyl sites for hydroxylation is 1. The molecule has 1 atom stereocenters. The molecule has 12 heteroatoms. The molecule has 2 aromatic rings. The Kier molecular flexibility index (Phi) is 7.12. The highest BCUT2D eigenvalue weighted by atomic mass is 32.2. The van der Waals surface area contributed by atoms with Crippen LogP contribution in [0.5, 0.6) is 0 Å². The maximum Gasteiger partial charge on any atom is 0.325 e. The van der Waals surface area contributed by atoms with Crippen molar-refractivity contribution in [2.24, 2.45) is 0 Å². The third-order valence-corrected chi connectivity index (χ3v) is 8.45. The number of benzene rings is 2. The van der Waals surface area contributed by atoms with E-state index in [-0.39, 0.29) is 30.1 Å². The van der Waals surface area contributed by atoms with Crippen molar-refractivity contribution in [3.8, 4) is 0 Å². The van der Waals surface area contributed by atoms with Gasteiger partial charge in [-0.2, -0.15) is 4.31 Å². The van der Waals surface area contributed by atoms with E-state index in [1.165, 1.54) is 34.6 Å². The van der Waals surface area contributed by atoms with Crippen molar-refractivity contribution < 1.29 is 31.9 Å². The summed E-state index contributed by atoms with van der Waals surface area (Å²) < 4.78 is 46.1. The summed E-state index contributed by atoms with van der Waals surface area (Å²) in [4.78, 5) is 39.5. The van der Waals surface area contributed by atoms with Crippen LogP contribution in [0.4, 0.5) is 14.9 Å². The van der Waals surface area contributed by atoms with Crippen molar-refractivity contribution in [3.63, 3.8) is 0 Å². The number of urea groups is 1. The van der Waals surface area contributed by atoms with Crippen molar-refractivity contribution in [1.82, 2.24) is 14.5 Å². The number of ether oxygens (including phenoxy) is 1. The molecule has 0 unspecified atom stereocenters. The van der Waals surface area contributed by atoms with Crippen LogP contribution in [0.25, 0.3) is 0 Å². The molecule has 2 heterocycles. The fraction of sp³-hybridized carbons (Fsp3) is 0.375. The zero-order valence-electron chi connectivity index (χ0n) is 19.9. The first-order valence-electron chi connectivity index (χ1n) is 11.5. The Morgan fingerprint density at radius 3 is 2.44 bits per heavy atom. The number of nitrogens with zero attached hydrogens (tertiary/aromatic N) is 2. The topological polar surface area (TPSA) is 125 Å². The molecule has 0 aromatic heterocycles. The maximum absolute atomic E-state index is 13.4. The molecule has 0 bridgehead atoms. The van der Waals surface area contributed by atoms with Gasteiger partial charge in [0.1, 0.15) is 17.9 Å². The van der Waals surface area contributed by atoms with Crippen molar-refractivity contribution in [2.45, 2.75) is 30.7 Å². The van der Waals surface area contributed by atoms with Crippen LogP contribution in [-0.2, 0) is 29.9 Å². The minimum absolute atomic E-state index is 0.0542. The van der Waals surface area contributed by atoms with Gasteiger partial charge in [0.05, 0.1) is 18.1 Å². The fourth-order valence-corrected chi connectivity index (χ4v) is 6.03. The molecule has 192 valence electrons. The van der Waals surface area contributed by atoms with Gasteiger partial charge in [-0.3, -0.25) is 14.5 Å². The highest BCUT2D eigenvalue weighted by Crippen LogP contribution is 2.32. The number of carbonyl (C=O) groups is 3. The molecule has 2 aromatic carbocycles. The monoisotopic (exact) mass is 518 g/mol. The molecule has 2 saturated heterocycles. The van der Waals surface area contributed by atoms with E-state index >= 15 is 0 Å². The van der Waals surface area contributed by atoms with Gasteiger partial charge >= 0.3 is 6.03 Å². The number of nitrogens with one attached hydrogen (secondary N) is 2. The van der Waals surface area contributed by atoms with Gasteiger partial charge in [-0.05, 0) is 48.7 Å². The van der Waals surface area contributed by atoms with E-state index in [0.717, 1.165) is 4.90 Å². The molecule has 2 N–H and O–H groups in total. The largest absolute Gasteiger partial charge is 0.379 e. The third kappa shape index (κ3) is 4.71. The fourth-order valence-electron chi connectivity index (χ4n) is 4.37. The normalized spacial score (nSPS) is 20.9. The van der Waals surface area contributed by atoms with Crippen molar-refractivity contribution in [3.05, 3.63) is 59.4 Å². The summed E-state index contributed by atoms with van der Waals surface area (Å²) >= 11 is 0. The number of sulfonamides is 1. The Bertz CT molecular complexity index is 1290. The summed E-state index contributed by atoms with van der Waals surface area (Å²) in [6, 6.07) is 8.97. The second-order valence-corrected chi connectivity index (χ2v) is 10.5. The van der Waals surface area contributed by atoms with E-state index in [9.17, 15) is 27.2 Å². The van der Waals surface area contributed by atoms with Crippen LogP contribution in [0.15, 0.2) is 47.4 Å². The molecular weight excluding hydrogens is 491 g/mol. The molecule has 4 rings (SSSR count). The van der Waals surface area contributed by atoms with Crippen LogP contribution >= 0.6 is 0 Å².